The molecule has 0 atom stereocenters. The Kier molecular flexibility index (Phi) is 4.92. The van der Waals surface area contributed by atoms with Crippen LogP contribution in [0.3, 0.4) is 0 Å². The van der Waals surface area contributed by atoms with Crippen LogP contribution in [0.15, 0.2) is 60.9 Å². The summed E-state index contributed by atoms with van der Waals surface area (Å²) in [5.41, 5.74) is 3.66. The number of carbonyl (C=O) groups is 1. The summed E-state index contributed by atoms with van der Waals surface area (Å²) >= 11 is 0. The predicted molar refractivity (Wildman–Crippen MR) is 103 cm³/mol. The Morgan fingerprint density at radius 1 is 1.04 bits per heavy atom. The molecule has 0 unspecified atom stereocenters. The Morgan fingerprint density at radius 3 is 2.52 bits per heavy atom. The Balaban J connectivity index is 1.66. The summed E-state index contributed by atoms with van der Waals surface area (Å²) in [7, 11) is 0. The molecule has 5 nitrogen and oxygen atoms in total. The number of aromatic nitrogens is 3. The van der Waals surface area contributed by atoms with Crippen molar-refractivity contribution < 1.29 is 4.79 Å². The van der Waals surface area contributed by atoms with Crippen molar-refractivity contribution in [2.45, 2.75) is 32.9 Å². The largest absolute Gasteiger partial charge is 0.332 e. The fourth-order valence-electron chi connectivity index (χ4n) is 3.16. The SMILES string of the molecule is Cc1ncc(-c2ccccn2)c(CN(Cc2ccccc2)C(=O)C2CC2)n1. The van der Waals surface area contributed by atoms with E-state index in [4.69, 9.17) is 0 Å². The summed E-state index contributed by atoms with van der Waals surface area (Å²) in [5.74, 6) is 1.07. The van der Waals surface area contributed by atoms with Crippen LogP contribution in [0.1, 0.15) is 29.9 Å². The maximum atomic E-state index is 12.9. The predicted octanol–water partition coefficient (Wildman–Crippen LogP) is 3.79. The number of carbonyl (C=O) groups excluding carboxylic acids is 1. The van der Waals surface area contributed by atoms with Crippen molar-refractivity contribution in [2.75, 3.05) is 0 Å². The molecule has 0 radical (unpaired) electrons. The van der Waals surface area contributed by atoms with Crippen LogP contribution in [-0.4, -0.2) is 25.8 Å². The molecule has 3 aromatic rings. The molecule has 1 saturated carbocycles. The minimum Gasteiger partial charge on any atom is -0.332 e. The average Bonchev–Trinajstić information content (AvgIpc) is 3.54. The first-order valence-electron chi connectivity index (χ1n) is 9.27. The van der Waals surface area contributed by atoms with Crippen LogP contribution in [0.2, 0.25) is 0 Å². The smallest absolute Gasteiger partial charge is 0.226 e. The number of rotatable bonds is 6. The molecule has 1 aliphatic carbocycles. The van der Waals surface area contributed by atoms with Crippen LogP contribution in [0.25, 0.3) is 11.3 Å². The van der Waals surface area contributed by atoms with E-state index in [2.05, 4.69) is 27.1 Å². The molecule has 0 bridgehead atoms. The van der Waals surface area contributed by atoms with Gasteiger partial charge in [0.25, 0.3) is 0 Å². The van der Waals surface area contributed by atoms with E-state index in [1.807, 2.05) is 54.4 Å². The summed E-state index contributed by atoms with van der Waals surface area (Å²) in [6, 6.07) is 15.9. The van der Waals surface area contributed by atoms with E-state index in [0.29, 0.717) is 18.9 Å². The van der Waals surface area contributed by atoms with E-state index >= 15 is 0 Å². The van der Waals surface area contributed by atoms with Gasteiger partial charge in [-0.2, -0.15) is 0 Å². The van der Waals surface area contributed by atoms with Gasteiger partial charge in [0.15, 0.2) is 0 Å². The molecule has 5 heteroatoms. The van der Waals surface area contributed by atoms with Crippen molar-refractivity contribution in [2.24, 2.45) is 5.92 Å². The van der Waals surface area contributed by atoms with E-state index in [0.717, 1.165) is 35.4 Å². The second-order valence-corrected chi connectivity index (χ2v) is 6.95. The molecule has 0 saturated heterocycles. The Bertz CT molecular complexity index is 924. The van der Waals surface area contributed by atoms with Gasteiger partial charge in [0.2, 0.25) is 5.91 Å². The molecule has 136 valence electrons. The fourth-order valence-corrected chi connectivity index (χ4v) is 3.16. The highest BCUT2D eigenvalue weighted by Crippen LogP contribution is 2.32. The zero-order valence-electron chi connectivity index (χ0n) is 15.4. The third-order valence-corrected chi connectivity index (χ3v) is 4.72. The lowest BCUT2D eigenvalue weighted by molar-refractivity contribution is -0.133. The first-order chi connectivity index (χ1) is 13.2. The van der Waals surface area contributed by atoms with Crippen molar-refractivity contribution in [1.29, 1.82) is 0 Å². The van der Waals surface area contributed by atoms with Crippen molar-refractivity contribution in [3.63, 3.8) is 0 Å². The molecule has 2 heterocycles. The van der Waals surface area contributed by atoms with Gasteiger partial charge in [-0.25, -0.2) is 9.97 Å². The molecule has 0 aliphatic heterocycles. The number of benzene rings is 1. The van der Waals surface area contributed by atoms with E-state index in [1.165, 1.54) is 0 Å². The Labute approximate surface area is 159 Å². The lowest BCUT2D eigenvalue weighted by Gasteiger charge is -2.24. The molecule has 2 aromatic heterocycles. The van der Waals surface area contributed by atoms with Gasteiger partial charge >= 0.3 is 0 Å². The zero-order valence-corrected chi connectivity index (χ0v) is 15.4. The van der Waals surface area contributed by atoms with Gasteiger partial charge in [-0.15, -0.1) is 0 Å². The van der Waals surface area contributed by atoms with Crippen LogP contribution in [0, 0.1) is 12.8 Å². The van der Waals surface area contributed by atoms with Crippen LogP contribution >= 0.6 is 0 Å². The van der Waals surface area contributed by atoms with Gasteiger partial charge in [-0.3, -0.25) is 9.78 Å². The van der Waals surface area contributed by atoms with Crippen molar-refractivity contribution in [3.05, 3.63) is 78.0 Å². The van der Waals surface area contributed by atoms with E-state index < -0.39 is 0 Å². The first kappa shape index (κ1) is 17.3. The minimum absolute atomic E-state index is 0.162. The highest BCUT2D eigenvalue weighted by atomic mass is 16.2. The number of nitrogens with zero attached hydrogens (tertiary/aromatic N) is 4. The van der Waals surface area contributed by atoms with Crippen LogP contribution in [-0.2, 0) is 17.9 Å². The lowest BCUT2D eigenvalue weighted by Crippen LogP contribution is -2.32. The summed E-state index contributed by atoms with van der Waals surface area (Å²) in [6.07, 6.45) is 5.54. The molecule has 0 N–H and O–H groups in total. The monoisotopic (exact) mass is 358 g/mol. The van der Waals surface area contributed by atoms with Crippen molar-refractivity contribution in [1.82, 2.24) is 19.9 Å². The average molecular weight is 358 g/mol. The number of hydrogen-bond donors (Lipinski definition) is 0. The van der Waals surface area contributed by atoms with Gasteiger partial charge in [0.05, 0.1) is 17.9 Å². The fraction of sp³-hybridized carbons (Fsp3) is 0.273. The van der Waals surface area contributed by atoms with Crippen LogP contribution in [0.5, 0.6) is 0 Å². The number of hydrogen-bond acceptors (Lipinski definition) is 4. The van der Waals surface area contributed by atoms with Gasteiger partial charge in [-0.1, -0.05) is 36.4 Å². The summed E-state index contributed by atoms with van der Waals surface area (Å²) < 4.78 is 0. The van der Waals surface area contributed by atoms with Crippen LogP contribution < -0.4 is 0 Å². The third kappa shape index (κ3) is 4.19. The number of amides is 1. The van der Waals surface area contributed by atoms with Gasteiger partial charge in [-0.05, 0) is 37.5 Å². The first-order valence-corrected chi connectivity index (χ1v) is 9.27. The summed E-state index contributed by atoms with van der Waals surface area (Å²) in [5, 5.41) is 0. The summed E-state index contributed by atoms with van der Waals surface area (Å²) in [4.78, 5) is 28.3. The van der Waals surface area contributed by atoms with Crippen LogP contribution in [0.4, 0.5) is 0 Å². The molecular formula is C22H22N4O. The minimum atomic E-state index is 0.162. The van der Waals surface area contributed by atoms with E-state index in [9.17, 15) is 4.79 Å². The number of aryl methyl sites for hydroxylation is 1. The normalized spacial score (nSPS) is 13.4. The third-order valence-electron chi connectivity index (χ3n) is 4.72. The van der Waals surface area contributed by atoms with E-state index in [1.54, 1.807) is 6.20 Å². The quantitative estimate of drug-likeness (QED) is 0.673. The molecule has 27 heavy (non-hydrogen) atoms. The lowest BCUT2D eigenvalue weighted by atomic mass is 10.1. The molecule has 4 rings (SSSR count). The Morgan fingerprint density at radius 2 is 1.81 bits per heavy atom. The molecule has 1 amide bonds. The zero-order chi connectivity index (χ0) is 18.6. The van der Waals surface area contributed by atoms with Gasteiger partial charge in [0, 0.05) is 30.4 Å². The maximum Gasteiger partial charge on any atom is 0.226 e. The van der Waals surface area contributed by atoms with E-state index in [-0.39, 0.29) is 11.8 Å². The molecule has 1 fully saturated rings. The summed E-state index contributed by atoms with van der Waals surface area (Å²) in [6.45, 7) is 2.91. The maximum absolute atomic E-state index is 12.9. The second-order valence-electron chi connectivity index (χ2n) is 6.95. The van der Waals surface area contributed by atoms with Crippen molar-refractivity contribution >= 4 is 5.91 Å². The highest BCUT2D eigenvalue weighted by Gasteiger charge is 2.34. The van der Waals surface area contributed by atoms with Gasteiger partial charge in [0.1, 0.15) is 5.82 Å². The molecule has 1 aliphatic rings. The topological polar surface area (TPSA) is 59.0 Å². The van der Waals surface area contributed by atoms with Gasteiger partial charge < -0.3 is 4.90 Å². The molecule has 0 spiro atoms. The number of pyridine rings is 1. The highest BCUT2D eigenvalue weighted by molar-refractivity contribution is 5.81. The molecule has 1 aromatic carbocycles. The Hall–Kier alpha value is -3.08. The van der Waals surface area contributed by atoms with Crippen molar-refractivity contribution in [3.8, 4) is 11.3 Å². The molecular weight excluding hydrogens is 336 g/mol. The second kappa shape index (κ2) is 7.66. The standard InChI is InChI=1S/C22H22N4O/c1-16-24-13-19(20-9-5-6-12-23-20)21(25-16)15-26(22(27)18-10-11-18)14-17-7-3-2-4-8-17/h2-9,12-13,18H,10-11,14-15H2,1H3.